The van der Waals surface area contributed by atoms with Crippen molar-refractivity contribution in [3.05, 3.63) is 23.8 Å². The van der Waals surface area contributed by atoms with E-state index in [-0.39, 0.29) is 6.04 Å². The van der Waals surface area contributed by atoms with Crippen molar-refractivity contribution in [3.8, 4) is 11.5 Å². The molecule has 0 saturated heterocycles. The maximum atomic E-state index is 10.6. The van der Waals surface area contributed by atoms with Crippen LogP contribution in [0.5, 0.6) is 11.5 Å². The molecule has 0 amide bonds. The molecule has 2 N–H and O–H groups in total. The van der Waals surface area contributed by atoms with Gasteiger partial charge in [0.05, 0.1) is 19.3 Å². The molecule has 1 aromatic rings. The summed E-state index contributed by atoms with van der Waals surface area (Å²) in [6.07, 6.45) is 3.76. The van der Waals surface area contributed by atoms with Gasteiger partial charge in [0.15, 0.2) is 11.5 Å². The Balaban J connectivity index is 1.76. The number of aliphatic hydroxyl groups excluding tert-OH is 1. The van der Waals surface area contributed by atoms with Gasteiger partial charge >= 0.3 is 0 Å². The molecule has 1 saturated carbocycles. The average molecular weight is 277 g/mol. The van der Waals surface area contributed by atoms with Gasteiger partial charge in [0.2, 0.25) is 0 Å². The lowest BCUT2D eigenvalue weighted by Gasteiger charge is -2.24. The maximum absolute atomic E-state index is 10.6. The SMILES string of the molecule is CCC(NC1CC1)C(O)c1ccc2c(c1)OCCCO2. The third-order valence-electron chi connectivity index (χ3n) is 3.96. The standard InChI is InChI=1S/C16H23NO3/c1-2-13(17-12-5-6-12)16(18)11-4-7-14-15(10-11)20-9-3-8-19-14/h4,7,10,12-13,16-18H,2-3,5-6,8-9H2,1H3. The number of aliphatic hydroxyl groups is 1. The smallest absolute Gasteiger partial charge is 0.161 e. The molecule has 1 aliphatic carbocycles. The zero-order valence-electron chi connectivity index (χ0n) is 12.0. The van der Waals surface area contributed by atoms with Gasteiger partial charge in [0.1, 0.15) is 0 Å². The fraction of sp³-hybridized carbons (Fsp3) is 0.625. The van der Waals surface area contributed by atoms with Crippen LogP contribution < -0.4 is 14.8 Å². The summed E-state index contributed by atoms with van der Waals surface area (Å²) >= 11 is 0. The highest BCUT2D eigenvalue weighted by atomic mass is 16.5. The molecule has 2 atom stereocenters. The van der Waals surface area contributed by atoms with Gasteiger partial charge in [0, 0.05) is 18.5 Å². The van der Waals surface area contributed by atoms with E-state index in [9.17, 15) is 5.11 Å². The molecule has 1 heterocycles. The number of hydrogen-bond donors (Lipinski definition) is 2. The molecule has 4 nitrogen and oxygen atoms in total. The molecule has 1 aliphatic heterocycles. The van der Waals surface area contributed by atoms with Crippen LogP contribution in [-0.4, -0.2) is 30.4 Å². The van der Waals surface area contributed by atoms with Gasteiger partial charge in [-0.05, 0) is 37.0 Å². The van der Waals surface area contributed by atoms with Crippen LogP contribution in [0.1, 0.15) is 44.3 Å². The highest BCUT2D eigenvalue weighted by Gasteiger charge is 2.28. The van der Waals surface area contributed by atoms with E-state index in [0.717, 1.165) is 29.9 Å². The number of benzene rings is 1. The first kappa shape index (κ1) is 13.7. The van der Waals surface area contributed by atoms with E-state index in [1.165, 1.54) is 12.8 Å². The molecular weight excluding hydrogens is 254 g/mol. The molecule has 0 bridgehead atoms. The molecular formula is C16H23NO3. The summed E-state index contributed by atoms with van der Waals surface area (Å²) in [4.78, 5) is 0. The normalized spacial score (nSPS) is 21.1. The highest BCUT2D eigenvalue weighted by molar-refractivity contribution is 5.44. The minimum Gasteiger partial charge on any atom is -0.490 e. The Morgan fingerprint density at radius 2 is 2.00 bits per heavy atom. The van der Waals surface area contributed by atoms with Crippen molar-refractivity contribution in [2.75, 3.05) is 13.2 Å². The zero-order chi connectivity index (χ0) is 13.9. The van der Waals surface area contributed by atoms with Gasteiger partial charge in [0.25, 0.3) is 0 Å². The molecule has 1 aromatic carbocycles. The van der Waals surface area contributed by atoms with Gasteiger partial charge in [-0.2, -0.15) is 0 Å². The van der Waals surface area contributed by atoms with E-state index in [1.807, 2.05) is 18.2 Å². The fourth-order valence-corrected chi connectivity index (χ4v) is 2.58. The van der Waals surface area contributed by atoms with Crippen molar-refractivity contribution >= 4 is 0 Å². The van der Waals surface area contributed by atoms with Gasteiger partial charge in [-0.25, -0.2) is 0 Å². The van der Waals surface area contributed by atoms with Crippen molar-refractivity contribution in [2.24, 2.45) is 0 Å². The minimum atomic E-state index is -0.502. The van der Waals surface area contributed by atoms with Crippen LogP contribution in [0.15, 0.2) is 18.2 Å². The van der Waals surface area contributed by atoms with Crippen LogP contribution in [0.2, 0.25) is 0 Å². The van der Waals surface area contributed by atoms with Crippen LogP contribution in [0.4, 0.5) is 0 Å². The van der Waals surface area contributed by atoms with Crippen LogP contribution in [0.25, 0.3) is 0 Å². The molecule has 3 rings (SSSR count). The first-order valence-corrected chi connectivity index (χ1v) is 7.61. The summed E-state index contributed by atoms with van der Waals surface area (Å²) in [6.45, 7) is 3.46. The fourth-order valence-electron chi connectivity index (χ4n) is 2.58. The predicted molar refractivity (Wildman–Crippen MR) is 77.2 cm³/mol. The lowest BCUT2D eigenvalue weighted by atomic mass is 9.99. The molecule has 1 fully saturated rings. The second-order valence-electron chi connectivity index (χ2n) is 5.66. The molecule has 0 radical (unpaired) electrons. The highest BCUT2D eigenvalue weighted by Crippen LogP contribution is 2.34. The van der Waals surface area contributed by atoms with E-state index in [4.69, 9.17) is 9.47 Å². The summed E-state index contributed by atoms with van der Waals surface area (Å²) in [7, 11) is 0. The summed E-state index contributed by atoms with van der Waals surface area (Å²) in [5.74, 6) is 1.53. The lowest BCUT2D eigenvalue weighted by Crippen LogP contribution is -2.35. The molecule has 0 aromatic heterocycles. The molecule has 4 heteroatoms. The molecule has 2 aliphatic rings. The van der Waals surface area contributed by atoms with Crippen molar-refractivity contribution < 1.29 is 14.6 Å². The zero-order valence-corrected chi connectivity index (χ0v) is 12.0. The minimum absolute atomic E-state index is 0.104. The summed E-state index contributed by atoms with van der Waals surface area (Å²) in [5.41, 5.74) is 0.897. The first-order chi connectivity index (χ1) is 9.78. The van der Waals surface area contributed by atoms with E-state index >= 15 is 0 Å². The number of hydrogen-bond acceptors (Lipinski definition) is 4. The third kappa shape index (κ3) is 3.07. The largest absolute Gasteiger partial charge is 0.490 e. The molecule has 20 heavy (non-hydrogen) atoms. The Morgan fingerprint density at radius 1 is 1.25 bits per heavy atom. The predicted octanol–water partition coefficient (Wildman–Crippen LogP) is 2.41. The van der Waals surface area contributed by atoms with Crippen molar-refractivity contribution in [1.82, 2.24) is 5.32 Å². The Kier molecular flexibility index (Phi) is 4.13. The van der Waals surface area contributed by atoms with Crippen molar-refractivity contribution in [3.63, 3.8) is 0 Å². The second kappa shape index (κ2) is 6.02. The molecule has 0 spiro atoms. The van der Waals surface area contributed by atoms with Crippen LogP contribution in [-0.2, 0) is 0 Å². The van der Waals surface area contributed by atoms with E-state index in [1.54, 1.807) is 0 Å². The Hall–Kier alpha value is -1.26. The summed E-state index contributed by atoms with van der Waals surface area (Å²) in [6, 6.07) is 6.46. The number of ether oxygens (including phenoxy) is 2. The number of nitrogens with one attached hydrogen (secondary N) is 1. The van der Waals surface area contributed by atoms with Crippen LogP contribution in [0, 0.1) is 0 Å². The van der Waals surface area contributed by atoms with Gasteiger partial charge in [-0.15, -0.1) is 0 Å². The molecule has 2 unspecified atom stereocenters. The Bertz CT molecular complexity index is 459. The first-order valence-electron chi connectivity index (χ1n) is 7.61. The van der Waals surface area contributed by atoms with E-state index in [2.05, 4.69) is 12.2 Å². The van der Waals surface area contributed by atoms with E-state index < -0.39 is 6.10 Å². The Labute approximate surface area is 120 Å². The number of rotatable bonds is 5. The van der Waals surface area contributed by atoms with E-state index in [0.29, 0.717) is 19.3 Å². The quantitative estimate of drug-likeness (QED) is 0.868. The topological polar surface area (TPSA) is 50.7 Å². The lowest BCUT2D eigenvalue weighted by molar-refractivity contribution is 0.124. The van der Waals surface area contributed by atoms with Gasteiger partial charge in [-0.1, -0.05) is 13.0 Å². The van der Waals surface area contributed by atoms with Gasteiger partial charge < -0.3 is 19.9 Å². The summed E-state index contributed by atoms with van der Waals surface area (Å²) < 4.78 is 11.3. The Morgan fingerprint density at radius 3 is 2.70 bits per heavy atom. The average Bonchev–Trinajstić information content (AvgIpc) is 3.30. The molecule has 110 valence electrons. The second-order valence-corrected chi connectivity index (χ2v) is 5.66. The third-order valence-corrected chi connectivity index (χ3v) is 3.96. The summed E-state index contributed by atoms with van der Waals surface area (Å²) in [5, 5.41) is 14.1. The van der Waals surface area contributed by atoms with Crippen LogP contribution in [0.3, 0.4) is 0 Å². The van der Waals surface area contributed by atoms with Gasteiger partial charge in [-0.3, -0.25) is 0 Å². The van der Waals surface area contributed by atoms with Crippen LogP contribution >= 0.6 is 0 Å². The van der Waals surface area contributed by atoms with Crippen molar-refractivity contribution in [2.45, 2.75) is 50.8 Å². The number of fused-ring (bicyclic) bond motifs is 1. The monoisotopic (exact) mass is 277 g/mol. The van der Waals surface area contributed by atoms with Crippen molar-refractivity contribution in [1.29, 1.82) is 0 Å². The maximum Gasteiger partial charge on any atom is 0.161 e.